The summed E-state index contributed by atoms with van der Waals surface area (Å²) in [5.41, 5.74) is -1.11. The molecule has 0 aliphatic heterocycles. The zero-order valence-electron chi connectivity index (χ0n) is 12.4. The molecule has 0 heterocycles. The van der Waals surface area contributed by atoms with Crippen LogP contribution in [-0.4, -0.2) is 18.5 Å². The normalized spacial score (nSPS) is 11.1. The Labute approximate surface area is 147 Å². The third kappa shape index (κ3) is 5.28. The van der Waals surface area contributed by atoms with Crippen molar-refractivity contribution in [1.29, 1.82) is 0 Å². The molecule has 1 N–H and O–H groups in total. The number of benzene rings is 2. The molecule has 2 aromatic carbocycles. The summed E-state index contributed by atoms with van der Waals surface area (Å²) in [6.07, 6.45) is -4.48. The first-order valence-corrected chi connectivity index (χ1v) is 7.55. The van der Waals surface area contributed by atoms with Crippen molar-refractivity contribution >= 4 is 33.5 Å². The van der Waals surface area contributed by atoms with Crippen molar-refractivity contribution in [2.24, 2.45) is 0 Å². The molecule has 2 rings (SSSR count). The fourth-order valence-electron chi connectivity index (χ4n) is 1.80. The van der Waals surface area contributed by atoms with Gasteiger partial charge in [0, 0.05) is 10.2 Å². The molecule has 9 heteroatoms. The first kappa shape index (κ1) is 18.9. The van der Waals surface area contributed by atoms with Gasteiger partial charge in [0.05, 0.1) is 11.1 Å². The van der Waals surface area contributed by atoms with Crippen LogP contribution in [0.15, 0.2) is 46.9 Å². The highest BCUT2D eigenvalue weighted by Crippen LogP contribution is 2.29. The molecule has 0 saturated carbocycles. The van der Waals surface area contributed by atoms with Crippen LogP contribution in [0.5, 0.6) is 0 Å². The molecule has 25 heavy (non-hydrogen) atoms. The minimum Gasteiger partial charge on any atom is -0.452 e. The predicted octanol–water partition coefficient (Wildman–Crippen LogP) is 4.40. The maximum atomic E-state index is 13.5. The van der Waals surface area contributed by atoms with E-state index in [4.69, 9.17) is 0 Å². The van der Waals surface area contributed by atoms with Gasteiger partial charge in [0.15, 0.2) is 6.61 Å². The number of nitrogens with one attached hydrogen (secondary N) is 1. The molecule has 0 spiro atoms. The zero-order valence-corrected chi connectivity index (χ0v) is 13.9. The van der Waals surface area contributed by atoms with E-state index in [1.807, 2.05) is 0 Å². The summed E-state index contributed by atoms with van der Waals surface area (Å²) in [5, 5.41) is 2.27. The van der Waals surface area contributed by atoms with Gasteiger partial charge in [0.25, 0.3) is 5.91 Å². The Hall–Kier alpha value is -2.42. The summed E-state index contributed by atoms with van der Waals surface area (Å²) in [4.78, 5) is 23.4. The van der Waals surface area contributed by atoms with Gasteiger partial charge < -0.3 is 10.1 Å². The number of rotatable bonds is 4. The van der Waals surface area contributed by atoms with E-state index < -0.39 is 36.0 Å². The fraction of sp³-hybridized carbons (Fsp3) is 0.125. The van der Waals surface area contributed by atoms with Gasteiger partial charge in [0.1, 0.15) is 5.82 Å². The topological polar surface area (TPSA) is 55.4 Å². The lowest BCUT2D eigenvalue weighted by molar-refractivity contribution is -0.137. The lowest BCUT2D eigenvalue weighted by atomic mass is 10.2. The van der Waals surface area contributed by atoms with Gasteiger partial charge >= 0.3 is 12.1 Å². The number of carbonyl (C=O) groups is 2. The quantitative estimate of drug-likeness (QED) is 0.590. The fourth-order valence-corrected chi connectivity index (χ4v) is 2.16. The van der Waals surface area contributed by atoms with Crippen LogP contribution < -0.4 is 5.32 Å². The third-order valence-corrected chi connectivity index (χ3v) is 3.47. The molecule has 0 bridgehead atoms. The number of amides is 1. The van der Waals surface area contributed by atoms with Gasteiger partial charge in [-0.15, -0.1) is 0 Å². The SMILES string of the molecule is O=C(COC(=O)c1cc(Br)ccc1F)Nc1ccc(C(F)(F)F)cc1. The van der Waals surface area contributed by atoms with Crippen LogP contribution in [-0.2, 0) is 15.7 Å². The molecule has 0 fully saturated rings. The molecule has 132 valence electrons. The molecule has 0 aliphatic rings. The molecule has 0 unspecified atom stereocenters. The average molecular weight is 420 g/mol. The summed E-state index contributed by atoms with van der Waals surface area (Å²) in [5.74, 6) is -2.62. The first-order chi connectivity index (χ1) is 11.7. The lowest BCUT2D eigenvalue weighted by Gasteiger charge is -2.09. The number of hydrogen-bond donors (Lipinski definition) is 1. The minimum absolute atomic E-state index is 0.0997. The number of halogens is 5. The Balaban J connectivity index is 1.92. The van der Waals surface area contributed by atoms with Crippen molar-refractivity contribution in [3.63, 3.8) is 0 Å². The van der Waals surface area contributed by atoms with Gasteiger partial charge in [-0.1, -0.05) is 15.9 Å². The monoisotopic (exact) mass is 419 g/mol. The number of carbonyl (C=O) groups excluding carboxylic acids is 2. The summed E-state index contributed by atoms with van der Waals surface area (Å²) in [6, 6.07) is 7.39. The van der Waals surface area contributed by atoms with Gasteiger partial charge in [-0.05, 0) is 42.5 Å². The van der Waals surface area contributed by atoms with Crippen LogP contribution in [0.25, 0.3) is 0 Å². The largest absolute Gasteiger partial charge is 0.452 e. The van der Waals surface area contributed by atoms with Crippen LogP contribution in [0.1, 0.15) is 15.9 Å². The minimum atomic E-state index is -4.48. The smallest absolute Gasteiger partial charge is 0.416 e. The zero-order chi connectivity index (χ0) is 18.6. The highest BCUT2D eigenvalue weighted by molar-refractivity contribution is 9.10. The van der Waals surface area contributed by atoms with Crippen molar-refractivity contribution in [3.05, 3.63) is 63.9 Å². The lowest BCUT2D eigenvalue weighted by Crippen LogP contribution is -2.21. The molecule has 0 atom stereocenters. The summed E-state index contributed by atoms with van der Waals surface area (Å²) < 4.78 is 56.0. The van der Waals surface area contributed by atoms with E-state index in [-0.39, 0.29) is 11.3 Å². The van der Waals surface area contributed by atoms with Gasteiger partial charge in [0.2, 0.25) is 0 Å². The van der Waals surface area contributed by atoms with Gasteiger partial charge in [-0.2, -0.15) is 13.2 Å². The molecular weight excluding hydrogens is 410 g/mol. The number of anilines is 1. The standard InChI is InChI=1S/C16H10BrF4NO3/c17-10-3-6-13(18)12(7-10)15(24)25-8-14(23)22-11-4-1-9(2-5-11)16(19,20)21/h1-7H,8H2,(H,22,23). The maximum absolute atomic E-state index is 13.5. The van der Waals surface area contributed by atoms with E-state index in [1.165, 1.54) is 12.1 Å². The second-order valence-corrected chi connectivity index (χ2v) is 5.74. The Kier molecular flexibility index (Phi) is 5.78. The van der Waals surface area contributed by atoms with Crippen molar-refractivity contribution in [2.75, 3.05) is 11.9 Å². The van der Waals surface area contributed by atoms with Crippen LogP contribution in [0.4, 0.5) is 23.2 Å². The Morgan fingerprint density at radius 2 is 1.72 bits per heavy atom. The Bertz CT molecular complexity index is 791. The highest BCUT2D eigenvalue weighted by Gasteiger charge is 2.30. The average Bonchev–Trinajstić information content (AvgIpc) is 2.54. The molecule has 0 radical (unpaired) electrons. The molecule has 0 aromatic heterocycles. The number of ether oxygens (including phenoxy) is 1. The van der Waals surface area contributed by atoms with Crippen LogP contribution in [0.3, 0.4) is 0 Å². The second-order valence-electron chi connectivity index (χ2n) is 4.82. The summed E-state index contributed by atoms with van der Waals surface area (Å²) in [6.45, 7) is -0.716. The van der Waals surface area contributed by atoms with Crippen LogP contribution >= 0.6 is 15.9 Å². The van der Waals surface area contributed by atoms with Crippen molar-refractivity contribution in [3.8, 4) is 0 Å². The van der Waals surface area contributed by atoms with E-state index in [0.29, 0.717) is 4.47 Å². The number of hydrogen-bond acceptors (Lipinski definition) is 3. The molecule has 0 saturated heterocycles. The second kappa shape index (κ2) is 7.64. The number of alkyl halides is 3. The first-order valence-electron chi connectivity index (χ1n) is 6.76. The summed E-state index contributed by atoms with van der Waals surface area (Å²) in [7, 11) is 0. The van der Waals surface area contributed by atoms with E-state index in [2.05, 4.69) is 26.0 Å². The van der Waals surface area contributed by atoms with Crippen molar-refractivity contribution in [2.45, 2.75) is 6.18 Å². The number of esters is 1. The highest BCUT2D eigenvalue weighted by atomic mass is 79.9. The molecule has 0 aliphatic carbocycles. The van der Waals surface area contributed by atoms with Gasteiger partial charge in [-0.3, -0.25) is 4.79 Å². The van der Waals surface area contributed by atoms with Crippen LogP contribution in [0.2, 0.25) is 0 Å². The van der Waals surface area contributed by atoms with Crippen LogP contribution in [0, 0.1) is 5.82 Å². The summed E-state index contributed by atoms with van der Waals surface area (Å²) >= 11 is 3.07. The van der Waals surface area contributed by atoms with E-state index in [0.717, 1.165) is 30.3 Å². The predicted molar refractivity (Wildman–Crippen MR) is 84.5 cm³/mol. The van der Waals surface area contributed by atoms with Crippen molar-refractivity contribution < 1.29 is 31.9 Å². The molecule has 4 nitrogen and oxygen atoms in total. The van der Waals surface area contributed by atoms with Crippen molar-refractivity contribution in [1.82, 2.24) is 0 Å². The Morgan fingerprint density at radius 3 is 2.32 bits per heavy atom. The maximum Gasteiger partial charge on any atom is 0.416 e. The van der Waals surface area contributed by atoms with E-state index >= 15 is 0 Å². The molecule has 2 aromatic rings. The van der Waals surface area contributed by atoms with E-state index in [9.17, 15) is 27.2 Å². The van der Waals surface area contributed by atoms with Gasteiger partial charge in [-0.25, -0.2) is 9.18 Å². The third-order valence-electron chi connectivity index (χ3n) is 2.98. The molecule has 1 amide bonds. The van der Waals surface area contributed by atoms with E-state index in [1.54, 1.807) is 0 Å². The molecular formula is C16H10BrF4NO3. The Morgan fingerprint density at radius 1 is 1.08 bits per heavy atom.